The molecule has 3 N–H and O–H groups in total. The van der Waals surface area contributed by atoms with E-state index in [9.17, 15) is 4.79 Å². The van der Waals surface area contributed by atoms with Gasteiger partial charge in [-0.25, -0.2) is 9.97 Å². The fourth-order valence-electron chi connectivity index (χ4n) is 2.72. The van der Waals surface area contributed by atoms with Gasteiger partial charge in [0.2, 0.25) is 11.9 Å². The molecule has 4 rings (SSSR count). The van der Waals surface area contributed by atoms with Crippen LogP contribution in [-0.4, -0.2) is 37.3 Å². The molecule has 0 aromatic carbocycles. The van der Waals surface area contributed by atoms with Gasteiger partial charge in [-0.3, -0.25) is 9.89 Å². The van der Waals surface area contributed by atoms with Crippen molar-refractivity contribution in [1.82, 2.24) is 25.3 Å². The number of aryl methyl sites for hydroxylation is 1. The molecule has 4 heterocycles. The predicted octanol–water partition coefficient (Wildman–Crippen LogP) is 3.38. The number of H-pyrrole nitrogens is 1. The summed E-state index contributed by atoms with van der Waals surface area (Å²) in [4.78, 5) is 21.1. The Morgan fingerprint density at radius 2 is 2.21 bits per heavy atom. The summed E-state index contributed by atoms with van der Waals surface area (Å²) < 4.78 is 6.04. The molecule has 9 nitrogen and oxygen atoms in total. The minimum Gasteiger partial charge on any atom is -0.361 e. The Hall–Kier alpha value is -3.27. The van der Waals surface area contributed by atoms with Crippen molar-refractivity contribution in [2.45, 2.75) is 33.2 Å². The van der Waals surface area contributed by atoms with Crippen LogP contribution in [0.5, 0.6) is 0 Å². The van der Waals surface area contributed by atoms with Gasteiger partial charge in [0, 0.05) is 29.1 Å². The number of hydrogen-bond acceptors (Lipinski definition) is 8. The summed E-state index contributed by atoms with van der Waals surface area (Å²) in [5, 5.41) is 18.9. The fourth-order valence-corrected chi connectivity index (χ4v) is 3.58. The summed E-state index contributed by atoms with van der Waals surface area (Å²) in [6.07, 6.45) is 1.90. The molecule has 0 saturated carbocycles. The molecule has 1 amide bonds. The van der Waals surface area contributed by atoms with E-state index in [1.54, 1.807) is 29.7 Å². The molecular formula is C18H19N7O2S. The number of fused-ring (bicyclic) bond motifs is 1. The SMILES string of the molecule is Cc1cc(CC(=O)Nc2cc(-c3csc4cnc(NC(C)C)nc34)[nH]n2)on1. The molecule has 0 unspecified atom stereocenters. The maximum absolute atomic E-state index is 12.2. The summed E-state index contributed by atoms with van der Waals surface area (Å²) in [6, 6.07) is 3.75. The Morgan fingerprint density at radius 1 is 1.36 bits per heavy atom. The lowest BCUT2D eigenvalue weighted by molar-refractivity contribution is -0.115. The lowest BCUT2D eigenvalue weighted by Gasteiger charge is -2.07. The highest BCUT2D eigenvalue weighted by molar-refractivity contribution is 7.17. The standard InChI is InChI=1S/C18H19N7O2S/c1-9(2)20-18-19-7-14-17(22-18)12(8-28-14)13-6-15(24-23-13)21-16(26)5-11-4-10(3)25-27-11/h4,6-9H,5H2,1-3H3,(H,19,20,22)(H2,21,23,24,26). The molecule has 0 fully saturated rings. The number of anilines is 2. The molecule has 0 spiro atoms. The molecule has 4 aromatic heterocycles. The zero-order valence-electron chi connectivity index (χ0n) is 15.6. The van der Waals surface area contributed by atoms with Crippen LogP contribution in [0.3, 0.4) is 0 Å². The number of carbonyl (C=O) groups excluding carboxylic acids is 1. The highest BCUT2D eigenvalue weighted by Crippen LogP contribution is 2.32. The number of carbonyl (C=O) groups is 1. The maximum Gasteiger partial charge on any atom is 0.233 e. The second-order valence-corrected chi connectivity index (χ2v) is 7.59. The third kappa shape index (κ3) is 3.86. The van der Waals surface area contributed by atoms with Crippen LogP contribution in [0.15, 0.2) is 28.2 Å². The van der Waals surface area contributed by atoms with Gasteiger partial charge >= 0.3 is 0 Å². The number of aromatic nitrogens is 5. The predicted molar refractivity (Wildman–Crippen MR) is 107 cm³/mol. The van der Waals surface area contributed by atoms with Crippen molar-refractivity contribution in [3.8, 4) is 11.3 Å². The molecule has 0 atom stereocenters. The van der Waals surface area contributed by atoms with Crippen molar-refractivity contribution >= 4 is 39.2 Å². The van der Waals surface area contributed by atoms with Crippen molar-refractivity contribution < 1.29 is 9.32 Å². The van der Waals surface area contributed by atoms with Gasteiger partial charge in [0.05, 0.1) is 34.2 Å². The Kier molecular flexibility index (Phi) is 4.78. The minimum absolute atomic E-state index is 0.0991. The number of thiophene rings is 1. The minimum atomic E-state index is -0.227. The van der Waals surface area contributed by atoms with Crippen LogP contribution in [0.1, 0.15) is 25.3 Å². The van der Waals surface area contributed by atoms with Gasteiger partial charge in [0.1, 0.15) is 5.76 Å². The van der Waals surface area contributed by atoms with E-state index in [0.29, 0.717) is 17.5 Å². The average molecular weight is 397 g/mol. The van der Waals surface area contributed by atoms with E-state index < -0.39 is 0 Å². The van der Waals surface area contributed by atoms with Gasteiger partial charge in [-0.15, -0.1) is 11.3 Å². The average Bonchev–Trinajstić information content (AvgIpc) is 3.34. The third-order valence-corrected chi connectivity index (χ3v) is 4.79. The summed E-state index contributed by atoms with van der Waals surface area (Å²) in [5.41, 5.74) is 3.25. The Morgan fingerprint density at radius 3 is 2.96 bits per heavy atom. The van der Waals surface area contributed by atoms with E-state index in [2.05, 4.69) is 36.0 Å². The number of rotatable bonds is 6. The van der Waals surface area contributed by atoms with E-state index in [1.165, 1.54) is 0 Å². The van der Waals surface area contributed by atoms with Crippen LogP contribution in [0.25, 0.3) is 21.5 Å². The molecule has 28 heavy (non-hydrogen) atoms. The first-order chi connectivity index (χ1) is 13.5. The molecular weight excluding hydrogens is 378 g/mol. The highest BCUT2D eigenvalue weighted by Gasteiger charge is 2.15. The number of aromatic amines is 1. The van der Waals surface area contributed by atoms with Crippen molar-refractivity contribution in [1.29, 1.82) is 0 Å². The zero-order chi connectivity index (χ0) is 19.7. The summed E-state index contributed by atoms with van der Waals surface area (Å²) in [5.74, 6) is 1.30. The van der Waals surface area contributed by atoms with Gasteiger partial charge < -0.3 is 15.2 Å². The molecule has 0 saturated heterocycles. The first-order valence-electron chi connectivity index (χ1n) is 8.76. The van der Waals surface area contributed by atoms with Gasteiger partial charge in [-0.05, 0) is 20.8 Å². The van der Waals surface area contributed by atoms with Gasteiger partial charge in [-0.2, -0.15) is 5.10 Å². The van der Waals surface area contributed by atoms with E-state index in [-0.39, 0.29) is 18.4 Å². The van der Waals surface area contributed by atoms with E-state index in [1.807, 2.05) is 26.2 Å². The van der Waals surface area contributed by atoms with Crippen LogP contribution in [-0.2, 0) is 11.2 Å². The molecule has 0 radical (unpaired) electrons. The van der Waals surface area contributed by atoms with Crippen molar-refractivity contribution in [3.63, 3.8) is 0 Å². The highest BCUT2D eigenvalue weighted by atomic mass is 32.1. The molecule has 0 aliphatic rings. The van der Waals surface area contributed by atoms with Crippen LogP contribution in [0.2, 0.25) is 0 Å². The Bertz CT molecular complexity index is 1130. The molecule has 0 bridgehead atoms. The number of nitrogens with one attached hydrogen (secondary N) is 3. The summed E-state index contributed by atoms with van der Waals surface area (Å²) in [7, 11) is 0. The zero-order valence-corrected chi connectivity index (χ0v) is 16.4. The monoisotopic (exact) mass is 397 g/mol. The van der Waals surface area contributed by atoms with Crippen LogP contribution in [0.4, 0.5) is 11.8 Å². The topological polar surface area (TPSA) is 122 Å². The van der Waals surface area contributed by atoms with Crippen molar-refractivity contribution in [2.24, 2.45) is 0 Å². The molecule has 4 aromatic rings. The third-order valence-electron chi connectivity index (χ3n) is 3.88. The maximum atomic E-state index is 12.2. The second kappa shape index (κ2) is 7.39. The lowest BCUT2D eigenvalue weighted by Crippen LogP contribution is -2.14. The largest absolute Gasteiger partial charge is 0.361 e. The van der Waals surface area contributed by atoms with E-state index >= 15 is 0 Å². The van der Waals surface area contributed by atoms with E-state index in [0.717, 1.165) is 27.2 Å². The molecule has 0 aliphatic heterocycles. The van der Waals surface area contributed by atoms with Crippen LogP contribution < -0.4 is 10.6 Å². The van der Waals surface area contributed by atoms with Gasteiger partial charge in [0.15, 0.2) is 5.82 Å². The van der Waals surface area contributed by atoms with Crippen LogP contribution >= 0.6 is 11.3 Å². The van der Waals surface area contributed by atoms with E-state index in [4.69, 9.17) is 4.52 Å². The molecule has 0 aliphatic carbocycles. The van der Waals surface area contributed by atoms with Crippen molar-refractivity contribution in [3.05, 3.63) is 35.2 Å². The normalized spacial score (nSPS) is 11.3. The number of nitrogens with zero attached hydrogens (tertiary/aromatic N) is 4. The number of amides is 1. The van der Waals surface area contributed by atoms with Gasteiger partial charge in [0.25, 0.3) is 0 Å². The summed E-state index contributed by atoms with van der Waals surface area (Å²) in [6.45, 7) is 5.87. The first kappa shape index (κ1) is 18.1. The molecule has 144 valence electrons. The van der Waals surface area contributed by atoms with Gasteiger partial charge in [-0.1, -0.05) is 5.16 Å². The van der Waals surface area contributed by atoms with Crippen molar-refractivity contribution in [2.75, 3.05) is 10.6 Å². The second-order valence-electron chi connectivity index (χ2n) is 6.68. The fraction of sp³-hybridized carbons (Fsp3) is 0.278. The van der Waals surface area contributed by atoms with Crippen LogP contribution in [0, 0.1) is 6.92 Å². The Labute approximate surface area is 164 Å². The summed E-state index contributed by atoms with van der Waals surface area (Å²) >= 11 is 1.56. The lowest BCUT2D eigenvalue weighted by atomic mass is 10.2. The first-order valence-corrected chi connectivity index (χ1v) is 9.64. The number of hydrogen-bond donors (Lipinski definition) is 3. The molecule has 10 heteroatoms. The Balaban J connectivity index is 1.52. The quantitative estimate of drug-likeness (QED) is 0.456. The smallest absolute Gasteiger partial charge is 0.233 e.